The number of hydrogen-bond acceptors (Lipinski definition) is 6. The molecule has 160 valence electrons. The highest BCUT2D eigenvalue weighted by Crippen LogP contribution is 2.26. The lowest BCUT2D eigenvalue weighted by molar-refractivity contribution is 0.462. The Bertz CT molecular complexity index is 1280. The van der Waals surface area contributed by atoms with Crippen molar-refractivity contribution in [2.24, 2.45) is 0 Å². The molecule has 3 heterocycles. The summed E-state index contributed by atoms with van der Waals surface area (Å²) in [4.78, 5) is 21.1. The Morgan fingerprint density at radius 2 is 1.91 bits per heavy atom. The van der Waals surface area contributed by atoms with Gasteiger partial charge >= 0.3 is 0 Å². The van der Waals surface area contributed by atoms with Gasteiger partial charge in [0.2, 0.25) is 5.95 Å². The normalized spacial score (nSPS) is 14.0. The van der Waals surface area contributed by atoms with Crippen molar-refractivity contribution in [1.29, 1.82) is 0 Å². The van der Waals surface area contributed by atoms with Crippen LogP contribution in [0.1, 0.15) is 48.9 Å². The zero-order chi connectivity index (χ0) is 21.8. The second-order valence-electron chi connectivity index (χ2n) is 8.09. The van der Waals surface area contributed by atoms with Gasteiger partial charge in [-0.15, -0.1) is 0 Å². The molecule has 3 aromatic heterocycles. The Hall–Kier alpha value is -3.92. The number of aromatic amines is 1. The van der Waals surface area contributed by atoms with Gasteiger partial charge in [0.1, 0.15) is 11.2 Å². The topological polar surface area (TPSA) is 91.4 Å². The van der Waals surface area contributed by atoms with Crippen molar-refractivity contribution in [3.05, 3.63) is 65.7 Å². The van der Waals surface area contributed by atoms with E-state index in [0.717, 1.165) is 39.5 Å². The van der Waals surface area contributed by atoms with Crippen LogP contribution in [0, 0.1) is 18.8 Å². The first-order valence-electron chi connectivity index (χ1n) is 11.0. The fourth-order valence-corrected chi connectivity index (χ4v) is 4.01. The Labute approximate surface area is 187 Å². The predicted molar refractivity (Wildman–Crippen MR) is 127 cm³/mol. The van der Waals surface area contributed by atoms with Gasteiger partial charge in [-0.3, -0.25) is 0 Å². The SMILES string of the molecule is Cc1cc(C#Cc2ccccn2)ccc1Nc1nc(NC2CCCCC2)c2nc[nH]c2n1. The summed E-state index contributed by atoms with van der Waals surface area (Å²) in [6, 6.07) is 12.2. The van der Waals surface area contributed by atoms with E-state index in [4.69, 9.17) is 4.98 Å². The van der Waals surface area contributed by atoms with Crippen LogP contribution in [-0.2, 0) is 0 Å². The monoisotopic (exact) mass is 423 g/mol. The van der Waals surface area contributed by atoms with E-state index in [0.29, 0.717) is 12.0 Å². The molecule has 3 N–H and O–H groups in total. The third kappa shape index (κ3) is 4.54. The van der Waals surface area contributed by atoms with Gasteiger partial charge in [-0.2, -0.15) is 9.97 Å². The highest BCUT2D eigenvalue weighted by molar-refractivity contribution is 5.84. The molecule has 0 radical (unpaired) electrons. The van der Waals surface area contributed by atoms with Crippen LogP contribution in [-0.4, -0.2) is 31.0 Å². The maximum absolute atomic E-state index is 4.75. The molecular weight excluding hydrogens is 398 g/mol. The third-order valence-corrected chi connectivity index (χ3v) is 5.70. The van der Waals surface area contributed by atoms with Crippen molar-refractivity contribution in [2.45, 2.75) is 45.1 Å². The van der Waals surface area contributed by atoms with Crippen LogP contribution < -0.4 is 10.6 Å². The summed E-state index contributed by atoms with van der Waals surface area (Å²) in [7, 11) is 0. The van der Waals surface area contributed by atoms with E-state index in [2.05, 4.69) is 42.4 Å². The number of fused-ring (bicyclic) bond motifs is 1. The number of anilines is 3. The molecule has 1 saturated carbocycles. The fourth-order valence-electron chi connectivity index (χ4n) is 4.01. The number of H-pyrrole nitrogens is 1. The van der Waals surface area contributed by atoms with Crippen LogP contribution >= 0.6 is 0 Å². The molecule has 0 bridgehead atoms. The van der Waals surface area contributed by atoms with Gasteiger partial charge in [-0.05, 0) is 61.6 Å². The average Bonchev–Trinajstić information content (AvgIpc) is 3.30. The van der Waals surface area contributed by atoms with Gasteiger partial charge in [0.25, 0.3) is 0 Å². The van der Waals surface area contributed by atoms with Crippen LogP contribution in [0.3, 0.4) is 0 Å². The first kappa shape index (κ1) is 20.0. The van der Waals surface area contributed by atoms with Gasteiger partial charge in [0, 0.05) is 23.5 Å². The molecule has 0 amide bonds. The standard InChI is InChI=1S/C25H25N7/c1-17-15-18(10-12-19-7-5-6-14-26-19)11-13-21(17)30-25-31-23-22(27-16-28-23)24(32-25)29-20-8-3-2-4-9-20/h5-7,11,13-16,20H,2-4,8-9H2,1H3,(H3,27,28,29,30,31,32). The Kier molecular flexibility index (Phi) is 5.67. The quantitative estimate of drug-likeness (QED) is 0.403. The summed E-state index contributed by atoms with van der Waals surface area (Å²) in [5, 5.41) is 6.96. The molecule has 4 aromatic rings. The van der Waals surface area contributed by atoms with Crippen molar-refractivity contribution < 1.29 is 0 Å². The molecule has 1 aliphatic rings. The first-order chi connectivity index (χ1) is 15.7. The second-order valence-corrected chi connectivity index (χ2v) is 8.09. The maximum Gasteiger partial charge on any atom is 0.231 e. The molecule has 0 saturated heterocycles. The minimum atomic E-state index is 0.435. The van der Waals surface area contributed by atoms with Gasteiger partial charge in [-0.1, -0.05) is 31.2 Å². The number of aromatic nitrogens is 5. The molecule has 7 heteroatoms. The van der Waals surface area contributed by atoms with E-state index in [1.54, 1.807) is 12.5 Å². The molecule has 0 aliphatic heterocycles. The average molecular weight is 424 g/mol. The van der Waals surface area contributed by atoms with Gasteiger partial charge in [0.15, 0.2) is 11.5 Å². The summed E-state index contributed by atoms with van der Waals surface area (Å²) in [6.07, 6.45) is 9.57. The Morgan fingerprint density at radius 3 is 2.72 bits per heavy atom. The predicted octanol–water partition coefficient (Wildman–Crippen LogP) is 4.94. The lowest BCUT2D eigenvalue weighted by Crippen LogP contribution is -2.23. The smallest absolute Gasteiger partial charge is 0.231 e. The molecule has 5 rings (SSSR count). The Morgan fingerprint density at radius 1 is 1.00 bits per heavy atom. The maximum atomic E-state index is 4.75. The number of nitrogens with zero attached hydrogens (tertiary/aromatic N) is 4. The van der Waals surface area contributed by atoms with Crippen molar-refractivity contribution in [1.82, 2.24) is 24.9 Å². The van der Waals surface area contributed by atoms with E-state index in [1.807, 2.05) is 43.3 Å². The zero-order valence-corrected chi connectivity index (χ0v) is 18.0. The van der Waals surface area contributed by atoms with Crippen molar-refractivity contribution in [3.63, 3.8) is 0 Å². The minimum Gasteiger partial charge on any atom is -0.365 e. The molecule has 0 unspecified atom stereocenters. The van der Waals surface area contributed by atoms with Gasteiger partial charge in [-0.25, -0.2) is 9.97 Å². The molecule has 7 nitrogen and oxygen atoms in total. The van der Waals surface area contributed by atoms with Crippen LogP contribution in [0.4, 0.5) is 17.5 Å². The summed E-state index contributed by atoms with van der Waals surface area (Å²) < 4.78 is 0. The molecule has 0 atom stereocenters. The summed E-state index contributed by atoms with van der Waals surface area (Å²) in [5.74, 6) is 7.58. The lowest BCUT2D eigenvalue weighted by atomic mass is 9.95. The van der Waals surface area contributed by atoms with Gasteiger partial charge in [0.05, 0.1) is 6.33 Å². The molecule has 0 spiro atoms. The second kappa shape index (κ2) is 9.06. The summed E-state index contributed by atoms with van der Waals surface area (Å²) in [5.41, 5.74) is 5.19. The molecule has 1 aromatic carbocycles. The van der Waals surface area contributed by atoms with Crippen molar-refractivity contribution >= 4 is 28.6 Å². The summed E-state index contributed by atoms with van der Waals surface area (Å²) in [6.45, 7) is 2.05. The van der Waals surface area contributed by atoms with Crippen LogP contribution in [0.2, 0.25) is 0 Å². The number of rotatable bonds is 4. The van der Waals surface area contributed by atoms with Crippen molar-refractivity contribution in [3.8, 4) is 11.8 Å². The lowest BCUT2D eigenvalue weighted by Gasteiger charge is -2.23. The molecule has 1 fully saturated rings. The van der Waals surface area contributed by atoms with E-state index in [1.165, 1.54) is 32.1 Å². The minimum absolute atomic E-state index is 0.435. The van der Waals surface area contributed by atoms with Gasteiger partial charge < -0.3 is 15.6 Å². The first-order valence-corrected chi connectivity index (χ1v) is 11.0. The molecule has 32 heavy (non-hydrogen) atoms. The van der Waals surface area contributed by atoms with E-state index in [-0.39, 0.29) is 0 Å². The van der Waals surface area contributed by atoms with Crippen LogP contribution in [0.5, 0.6) is 0 Å². The number of imidazole rings is 1. The molecular formula is C25H25N7. The number of benzene rings is 1. The highest BCUT2D eigenvalue weighted by Gasteiger charge is 2.17. The molecule has 1 aliphatic carbocycles. The van der Waals surface area contributed by atoms with Crippen LogP contribution in [0.25, 0.3) is 11.2 Å². The van der Waals surface area contributed by atoms with E-state index < -0.39 is 0 Å². The fraction of sp³-hybridized carbons (Fsp3) is 0.280. The third-order valence-electron chi connectivity index (χ3n) is 5.70. The van der Waals surface area contributed by atoms with E-state index in [9.17, 15) is 0 Å². The Balaban J connectivity index is 1.37. The van der Waals surface area contributed by atoms with Crippen molar-refractivity contribution in [2.75, 3.05) is 10.6 Å². The largest absolute Gasteiger partial charge is 0.365 e. The zero-order valence-electron chi connectivity index (χ0n) is 18.0. The number of nitrogens with one attached hydrogen (secondary N) is 3. The number of aryl methyl sites for hydroxylation is 1. The highest BCUT2D eigenvalue weighted by atomic mass is 15.2. The number of pyridine rings is 1. The summed E-state index contributed by atoms with van der Waals surface area (Å²) >= 11 is 0. The van der Waals surface area contributed by atoms with E-state index >= 15 is 0 Å². The van der Waals surface area contributed by atoms with Crippen LogP contribution in [0.15, 0.2) is 48.9 Å². The number of hydrogen-bond donors (Lipinski definition) is 3.